The topological polar surface area (TPSA) is 119 Å². The lowest BCUT2D eigenvalue weighted by molar-refractivity contribution is -0.385. The second-order valence-corrected chi connectivity index (χ2v) is 11.0. The summed E-state index contributed by atoms with van der Waals surface area (Å²) in [6.45, 7) is 0. The fourth-order valence-electron chi connectivity index (χ4n) is 5.01. The molecule has 10 nitrogen and oxygen atoms in total. The van der Waals surface area contributed by atoms with E-state index in [1.807, 2.05) is 76.3 Å². The molecule has 208 valence electrons. The molecular weight excluding hydrogens is 573 g/mol. The first-order valence-corrected chi connectivity index (χ1v) is 14.1. The largest absolute Gasteiger partial charge is 0.351 e. The number of nitrogens with one attached hydrogen (secondary N) is 1. The summed E-state index contributed by atoms with van der Waals surface area (Å²) < 4.78 is 1.94. The first-order chi connectivity index (χ1) is 20.4. The van der Waals surface area contributed by atoms with Gasteiger partial charge in [-0.05, 0) is 78.9 Å². The summed E-state index contributed by atoms with van der Waals surface area (Å²) in [5.41, 5.74) is 3.26. The molecule has 0 aliphatic carbocycles. The highest BCUT2D eigenvalue weighted by molar-refractivity contribution is 7.99. The van der Waals surface area contributed by atoms with Crippen molar-refractivity contribution in [3.05, 3.63) is 147 Å². The Morgan fingerprint density at radius 2 is 1.50 bits per heavy atom. The summed E-state index contributed by atoms with van der Waals surface area (Å²) >= 11 is 7.37. The third-order valence-corrected chi connectivity index (χ3v) is 8.23. The minimum Gasteiger partial charge on any atom is -0.351 e. The van der Waals surface area contributed by atoms with E-state index in [1.165, 1.54) is 30.0 Å². The molecular formula is C30H22N6O4S2. The predicted molar refractivity (Wildman–Crippen MR) is 164 cm³/mol. The quantitative estimate of drug-likeness (QED) is 0.115. The second-order valence-electron chi connectivity index (χ2n) is 9.42. The van der Waals surface area contributed by atoms with Crippen LogP contribution in [0.1, 0.15) is 23.5 Å². The Morgan fingerprint density at radius 1 is 0.786 bits per heavy atom. The number of nitrogens with zero attached hydrogens (tertiary/aromatic N) is 5. The van der Waals surface area contributed by atoms with E-state index >= 15 is 0 Å². The van der Waals surface area contributed by atoms with Gasteiger partial charge in [-0.25, -0.2) is 0 Å². The monoisotopic (exact) mass is 594 g/mol. The number of benzene rings is 3. The maximum Gasteiger partial charge on any atom is 0.271 e. The van der Waals surface area contributed by atoms with Crippen molar-refractivity contribution in [2.45, 2.75) is 21.9 Å². The van der Waals surface area contributed by atoms with Crippen LogP contribution in [0.4, 0.5) is 17.1 Å². The maximum atomic E-state index is 11.5. The molecule has 5 aromatic rings. The normalized spacial score (nSPS) is 16.3. The van der Waals surface area contributed by atoms with Gasteiger partial charge in [-0.1, -0.05) is 23.9 Å². The Morgan fingerprint density at radius 3 is 2.17 bits per heavy atom. The molecule has 1 fully saturated rings. The Labute approximate surface area is 249 Å². The minimum atomic E-state index is -0.416. The van der Waals surface area contributed by atoms with Crippen LogP contribution in [0, 0.1) is 20.2 Å². The molecule has 0 unspecified atom stereocenters. The Bertz CT molecular complexity index is 1780. The molecule has 1 N–H and O–H groups in total. The average Bonchev–Trinajstić information content (AvgIpc) is 3.63. The summed E-state index contributed by atoms with van der Waals surface area (Å²) in [6.07, 6.45) is 3.62. The summed E-state index contributed by atoms with van der Waals surface area (Å²) in [6, 6.07) is 29.9. The second kappa shape index (κ2) is 11.4. The number of aromatic nitrogens is 2. The van der Waals surface area contributed by atoms with Crippen molar-refractivity contribution in [1.82, 2.24) is 14.9 Å². The average molecular weight is 595 g/mol. The van der Waals surface area contributed by atoms with E-state index in [0.717, 1.165) is 26.9 Å². The molecule has 1 aliphatic heterocycles. The van der Waals surface area contributed by atoms with Crippen LogP contribution >= 0.6 is 24.0 Å². The molecule has 0 radical (unpaired) electrons. The number of nitro groups is 2. The zero-order valence-electron chi connectivity index (χ0n) is 21.8. The third kappa shape index (κ3) is 5.32. The first kappa shape index (κ1) is 27.1. The minimum absolute atomic E-state index is 0.00598. The Balaban J connectivity index is 1.37. The van der Waals surface area contributed by atoms with Gasteiger partial charge in [0, 0.05) is 57.8 Å². The van der Waals surface area contributed by atoms with Gasteiger partial charge in [0.15, 0.2) is 5.11 Å². The summed E-state index contributed by atoms with van der Waals surface area (Å²) in [4.78, 5) is 30.1. The van der Waals surface area contributed by atoms with Gasteiger partial charge in [0.2, 0.25) is 0 Å². The van der Waals surface area contributed by atoms with E-state index in [0.29, 0.717) is 10.8 Å². The molecule has 3 aromatic carbocycles. The van der Waals surface area contributed by atoms with Crippen molar-refractivity contribution in [3.8, 4) is 5.69 Å². The Kier molecular flexibility index (Phi) is 7.38. The van der Waals surface area contributed by atoms with E-state index in [2.05, 4.69) is 10.3 Å². The summed E-state index contributed by atoms with van der Waals surface area (Å²) in [7, 11) is 0. The number of hydrogen-bond donors (Lipinski definition) is 1. The fourth-order valence-corrected chi connectivity index (χ4v) is 6.17. The van der Waals surface area contributed by atoms with Crippen LogP contribution < -0.4 is 10.2 Å². The van der Waals surface area contributed by atoms with Gasteiger partial charge in [-0.3, -0.25) is 25.2 Å². The number of non-ortho nitro benzene ring substituents is 2. The predicted octanol–water partition coefficient (Wildman–Crippen LogP) is 7.02. The molecule has 6 rings (SSSR count). The van der Waals surface area contributed by atoms with Gasteiger partial charge in [0.05, 0.1) is 27.3 Å². The van der Waals surface area contributed by atoms with Crippen LogP contribution in [-0.4, -0.2) is 24.5 Å². The van der Waals surface area contributed by atoms with Crippen molar-refractivity contribution in [2.24, 2.45) is 0 Å². The van der Waals surface area contributed by atoms with Crippen molar-refractivity contribution in [2.75, 3.05) is 4.90 Å². The molecule has 2 atom stereocenters. The zero-order chi connectivity index (χ0) is 29.2. The lowest BCUT2D eigenvalue weighted by Gasteiger charge is -2.29. The summed E-state index contributed by atoms with van der Waals surface area (Å²) in [5.74, 6) is 0. The molecule has 42 heavy (non-hydrogen) atoms. The van der Waals surface area contributed by atoms with Crippen LogP contribution in [0.5, 0.6) is 0 Å². The van der Waals surface area contributed by atoms with E-state index in [1.54, 1.807) is 30.5 Å². The van der Waals surface area contributed by atoms with Gasteiger partial charge in [-0.15, -0.1) is 0 Å². The molecule has 1 aliphatic rings. The standard InChI is InChI=1S/C30H22N6O4S2/c37-35(38)21-11-15-25(16-12-21)42-24-13-9-20(10-14-24)34-29(28(32-30(34)41)26-7-1-2-17-31-26)27-8-4-18-33(27)22-5-3-6-23(19-22)36(39)40/h1-19,28-29H,(H,32,41)/t28-,29-/m1/s1. The van der Waals surface area contributed by atoms with Crippen LogP contribution in [0.15, 0.2) is 125 Å². The van der Waals surface area contributed by atoms with Gasteiger partial charge in [0.25, 0.3) is 11.4 Å². The molecule has 3 heterocycles. The lowest BCUT2D eigenvalue weighted by atomic mass is 10.0. The van der Waals surface area contributed by atoms with Gasteiger partial charge < -0.3 is 14.8 Å². The number of rotatable bonds is 8. The number of hydrogen-bond acceptors (Lipinski definition) is 7. The van der Waals surface area contributed by atoms with Crippen LogP contribution in [0.2, 0.25) is 0 Å². The Hall–Kier alpha value is -5.07. The zero-order valence-corrected chi connectivity index (χ0v) is 23.4. The maximum absolute atomic E-state index is 11.5. The number of thiocarbonyl (C=S) groups is 1. The van der Waals surface area contributed by atoms with E-state index in [-0.39, 0.29) is 23.5 Å². The SMILES string of the molecule is O=[N+]([O-])c1ccc(Sc2ccc(N3C(=S)N[C@H](c4ccccn4)[C@H]3c3cccn3-c3cccc([N+](=O)[O-])c3)cc2)cc1. The smallest absolute Gasteiger partial charge is 0.271 e. The van der Waals surface area contributed by atoms with Crippen molar-refractivity contribution in [1.29, 1.82) is 0 Å². The van der Waals surface area contributed by atoms with Crippen molar-refractivity contribution < 1.29 is 9.85 Å². The molecule has 2 aromatic heterocycles. The lowest BCUT2D eigenvalue weighted by Crippen LogP contribution is -2.30. The van der Waals surface area contributed by atoms with Crippen LogP contribution in [0.25, 0.3) is 5.69 Å². The highest BCUT2D eigenvalue weighted by Gasteiger charge is 2.42. The highest BCUT2D eigenvalue weighted by atomic mass is 32.2. The number of pyridine rings is 1. The van der Waals surface area contributed by atoms with E-state index < -0.39 is 9.85 Å². The van der Waals surface area contributed by atoms with Gasteiger partial charge in [-0.2, -0.15) is 0 Å². The van der Waals surface area contributed by atoms with Crippen LogP contribution in [0.3, 0.4) is 0 Å². The summed E-state index contributed by atoms with van der Waals surface area (Å²) in [5, 5.41) is 26.4. The molecule has 0 spiro atoms. The third-order valence-electron chi connectivity index (χ3n) is 6.90. The molecule has 0 saturated carbocycles. The van der Waals surface area contributed by atoms with Gasteiger partial charge in [0.1, 0.15) is 6.04 Å². The molecule has 1 saturated heterocycles. The highest BCUT2D eigenvalue weighted by Crippen LogP contribution is 2.43. The first-order valence-electron chi connectivity index (χ1n) is 12.8. The van der Waals surface area contributed by atoms with Crippen molar-refractivity contribution >= 4 is 46.2 Å². The molecule has 0 bridgehead atoms. The van der Waals surface area contributed by atoms with E-state index in [4.69, 9.17) is 12.2 Å². The van der Waals surface area contributed by atoms with Crippen LogP contribution in [-0.2, 0) is 0 Å². The fraction of sp³-hybridized carbons (Fsp3) is 0.0667. The molecule has 0 amide bonds. The van der Waals surface area contributed by atoms with E-state index in [9.17, 15) is 20.2 Å². The number of anilines is 1. The molecule has 12 heteroatoms. The van der Waals surface area contributed by atoms with Gasteiger partial charge >= 0.3 is 0 Å². The van der Waals surface area contributed by atoms with Crippen molar-refractivity contribution in [3.63, 3.8) is 0 Å². The number of nitro benzene ring substituents is 2.